The molecule has 18 heavy (non-hydrogen) atoms. The smallest absolute Gasteiger partial charge is 0.119 e. The molecule has 0 amide bonds. The van der Waals surface area contributed by atoms with E-state index in [4.69, 9.17) is 0 Å². The van der Waals surface area contributed by atoms with E-state index in [1.807, 2.05) is 12.1 Å². The Hall–Kier alpha value is -1.02. The molecule has 0 saturated carbocycles. The summed E-state index contributed by atoms with van der Waals surface area (Å²) in [5, 5.41) is 9.96. The first kappa shape index (κ1) is 13.4. The topological polar surface area (TPSA) is 23.5 Å². The molecule has 1 aliphatic rings. The van der Waals surface area contributed by atoms with Crippen molar-refractivity contribution >= 4 is 0 Å². The molecular weight excluding hydrogens is 222 g/mol. The van der Waals surface area contributed by atoms with Crippen LogP contribution in [0.4, 0.5) is 0 Å². The monoisotopic (exact) mass is 247 g/mol. The summed E-state index contributed by atoms with van der Waals surface area (Å²) in [4.78, 5) is 2.46. The van der Waals surface area contributed by atoms with Gasteiger partial charge in [0.1, 0.15) is 5.75 Å². The van der Waals surface area contributed by atoms with Gasteiger partial charge in [0.25, 0.3) is 0 Å². The maximum Gasteiger partial charge on any atom is 0.119 e. The van der Waals surface area contributed by atoms with Crippen LogP contribution in [-0.4, -0.2) is 23.6 Å². The van der Waals surface area contributed by atoms with Gasteiger partial charge in [0.15, 0.2) is 0 Å². The largest absolute Gasteiger partial charge is 0.508 e. The van der Waals surface area contributed by atoms with E-state index < -0.39 is 0 Å². The fraction of sp³-hybridized carbons (Fsp3) is 0.625. The predicted molar refractivity (Wildman–Crippen MR) is 75.9 cm³/mol. The molecule has 0 fully saturated rings. The minimum atomic E-state index is 0.481. The van der Waals surface area contributed by atoms with Crippen molar-refractivity contribution in [1.29, 1.82) is 0 Å². The van der Waals surface area contributed by atoms with Gasteiger partial charge >= 0.3 is 0 Å². The van der Waals surface area contributed by atoms with Gasteiger partial charge in [-0.05, 0) is 62.4 Å². The third-order valence-corrected chi connectivity index (χ3v) is 4.04. The maximum absolute atomic E-state index is 9.96. The number of nitrogens with zero attached hydrogens (tertiary/aromatic N) is 1. The van der Waals surface area contributed by atoms with E-state index in [0.717, 1.165) is 18.9 Å². The molecule has 0 heterocycles. The molecule has 1 aromatic carbocycles. The summed E-state index contributed by atoms with van der Waals surface area (Å²) in [6.07, 6.45) is 4.66. The molecule has 0 aromatic heterocycles. The van der Waals surface area contributed by atoms with Gasteiger partial charge in [-0.25, -0.2) is 0 Å². The number of phenolic OH excluding ortho intramolecular Hbond substituents is 1. The van der Waals surface area contributed by atoms with Crippen LogP contribution in [0.15, 0.2) is 18.2 Å². The summed E-state index contributed by atoms with van der Waals surface area (Å²) in [5.41, 5.74) is 2.51. The molecule has 2 heteroatoms. The van der Waals surface area contributed by atoms with Crippen molar-refractivity contribution in [3.8, 4) is 5.75 Å². The van der Waals surface area contributed by atoms with Crippen LogP contribution in [0.2, 0.25) is 0 Å². The Kier molecular flexibility index (Phi) is 4.28. The van der Waals surface area contributed by atoms with Gasteiger partial charge in [0.05, 0.1) is 0 Å². The van der Waals surface area contributed by atoms with Gasteiger partial charge in [-0.3, -0.25) is 4.90 Å². The minimum Gasteiger partial charge on any atom is -0.508 e. The van der Waals surface area contributed by atoms with Crippen LogP contribution in [0.1, 0.15) is 50.3 Å². The molecule has 0 bridgehead atoms. The molecule has 1 aromatic rings. The molecule has 0 radical (unpaired) electrons. The van der Waals surface area contributed by atoms with Crippen LogP contribution in [0.3, 0.4) is 0 Å². The van der Waals surface area contributed by atoms with Crippen LogP contribution < -0.4 is 0 Å². The Labute approximate surface area is 111 Å². The summed E-state index contributed by atoms with van der Waals surface area (Å²) in [5.74, 6) is 1.23. The Morgan fingerprint density at radius 2 is 2.17 bits per heavy atom. The van der Waals surface area contributed by atoms with Crippen molar-refractivity contribution in [2.75, 3.05) is 13.6 Å². The summed E-state index contributed by atoms with van der Waals surface area (Å²) in [6.45, 7) is 5.68. The fourth-order valence-corrected chi connectivity index (χ4v) is 2.88. The highest BCUT2D eigenvalue weighted by Gasteiger charge is 2.25. The lowest BCUT2D eigenvalue weighted by molar-refractivity contribution is 0.209. The van der Waals surface area contributed by atoms with Crippen LogP contribution in [0, 0.1) is 5.92 Å². The quantitative estimate of drug-likeness (QED) is 0.876. The standard InChI is InChI=1S/C16H25NO/c1-12(2)10-11-17(3)15-8-4-7-14-13(15)6-5-9-16(14)18/h5-6,9,12,15,18H,4,7-8,10-11H2,1-3H3. The van der Waals surface area contributed by atoms with Crippen LogP contribution in [0.25, 0.3) is 0 Å². The molecular formula is C16H25NO. The zero-order chi connectivity index (χ0) is 13.1. The number of fused-ring (bicyclic) bond motifs is 1. The fourth-order valence-electron chi connectivity index (χ4n) is 2.88. The van der Waals surface area contributed by atoms with Gasteiger partial charge in [-0.1, -0.05) is 26.0 Å². The maximum atomic E-state index is 9.96. The summed E-state index contributed by atoms with van der Waals surface area (Å²) >= 11 is 0. The van der Waals surface area contributed by atoms with E-state index in [9.17, 15) is 5.11 Å². The summed E-state index contributed by atoms with van der Waals surface area (Å²) in [7, 11) is 2.21. The van der Waals surface area contributed by atoms with Gasteiger partial charge in [0, 0.05) is 6.04 Å². The lowest BCUT2D eigenvalue weighted by atomic mass is 9.86. The van der Waals surface area contributed by atoms with Crippen LogP contribution in [-0.2, 0) is 6.42 Å². The van der Waals surface area contributed by atoms with E-state index >= 15 is 0 Å². The van der Waals surface area contributed by atoms with Gasteiger partial charge in [-0.2, -0.15) is 0 Å². The lowest BCUT2D eigenvalue weighted by Gasteiger charge is -2.34. The van der Waals surface area contributed by atoms with Gasteiger partial charge in [0.2, 0.25) is 0 Å². The SMILES string of the molecule is CC(C)CCN(C)C1CCCc2c(O)cccc21. The summed E-state index contributed by atoms with van der Waals surface area (Å²) < 4.78 is 0. The normalized spacial score (nSPS) is 19.3. The summed E-state index contributed by atoms with van der Waals surface area (Å²) in [6, 6.07) is 6.46. The Balaban J connectivity index is 2.14. The number of hydrogen-bond donors (Lipinski definition) is 1. The molecule has 100 valence electrons. The lowest BCUT2D eigenvalue weighted by Crippen LogP contribution is -2.29. The second-order valence-electron chi connectivity index (χ2n) is 5.92. The minimum absolute atomic E-state index is 0.481. The number of aromatic hydroxyl groups is 1. The number of phenols is 1. The highest BCUT2D eigenvalue weighted by atomic mass is 16.3. The third-order valence-electron chi connectivity index (χ3n) is 4.04. The highest BCUT2D eigenvalue weighted by molar-refractivity contribution is 5.42. The van der Waals surface area contributed by atoms with Gasteiger partial charge < -0.3 is 5.11 Å². The van der Waals surface area contributed by atoms with Crippen molar-refractivity contribution in [3.63, 3.8) is 0 Å². The first-order valence-corrected chi connectivity index (χ1v) is 7.10. The Morgan fingerprint density at radius 1 is 1.39 bits per heavy atom. The van der Waals surface area contributed by atoms with E-state index in [1.165, 1.54) is 30.4 Å². The number of benzene rings is 1. The molecule has 1 aliphatic carbocycles. The van der Waals surface area contributed by atoms with Crippen LogP contribution in [0.5, 0.6) is 5.75 Å². The Morgan fingerprint density at radius 3 is 2.89 bits per heavy atom. The average molecular weight is 247 g/mol. The highest BCUT2D eigenvalue weighted by Crippen LogP contribution is 2.37. The molecule has 1 atom stereocenters. The first-order valence-electron chi connectivity index (χ1n) is 7.10. The molecule has 0 spiro atoms. The number of hydrogen-bond acceptors (Lipinski definition) is 2. The third kappa shape index (κ3) is 2.86. The van der Waals surface area contributed by atoms with E-state index in [1.54, 1.807) is 0 Å². The van der Waals surface area contributed by atoms with Crippen molar-refractivity contribution in [2.45, 2.75) is 45.6 Å². The second kappa shape index (κ2) is 5.75. The van der Waals surface area contributed by atoms with Crippen molar-refractivity contribution in [2.24, 2.45) is 5.92 Å². The molecule has 2 nitrogen and oxygen atoms in total. The number of rotatable bonds is 4. The van der Waals surface area contributed by atoms with E-state index in [-0.39, 0.29) is 0 Å². The van der Waals surface area contributed by atoms with Crippen molar-refractivity contribution in [3.05, 3.63) is 29.3 Å². The van der Waals surface area contributed by atoms with E-state index in [0.29, 0.717) is 11.8 Å². The first-order chi connectivity index (χ1) is 8.59. The zero-order valence-corrected chi connectivity index (χ0v) is 11.8. The van der Waals surface area contributed by atoms with Gasteiger partial charge in [-0.15, -0.1) is 0 Å². The molecule has 0 aliphatic heterocycles. The molecule has 0 saturated heterocycles. The molecule has 1 N–H and O–H groups in total. The van der Waals surface area contributed by atoms with Crippen molar-refractivity contribution < 1.29 is 5.11 Å². The van der Waals surface area contributed by atoms with Crippen LogP contribution >= 0.6 is 0 Å². The Bertz CT molecular complexity index is 400. The molecule has 1 unspecified atom stereocenters. The predicted octanol–water partition coefficient (Wildman–Crippen LogP) is 3.75. The van der Waals surface area contributed by atoms with Crippen molar-refractivity contribution in [1.82, 2.24) is 4.90 Å². The van der Waals surface area contributed by atoms with E-state index in [2.05, 4.69) is 31.9 Å². The molecule has 2 rings (SSSR count). The average Bonchev–Trinajstić information content (AvgIpc) is 2.36. The zero-order valence-electron chi connectivity index (χ0n) is 11.8. The second-order valence-corrected chi connectivity index (χ2v) is 5.92.